The number of ether oxygens (including phenoxy) is 1. The Labute approximate surface area is 113 Å². The lowest BCUT2D eigenvalue weighted by molar-refractivity contribution is 0.114. The van der Waals surface area contributed by atoms with Crippen LogP contribution in [0.5, 0.6) is 0 Å². The van der Waals surface area contributed by atoms with Gasteiger partial charge in [-0.25, -0.2) is 13.1 Å². The lowest BCUT2D eigenvalue weighted by atomic mass is 10.1. The van der Waals surface area contributed by atoms with E-state index in [1.54, 1.807) is 25.1 Å². The van der Waals surface area contributed by atoms with Gasteiger partial charge >= 0.3 is 0 Å². The second-order valence-electron chi connectivity index (χ2n) is 4.69. The van der Waals surface area contributed by atoms with Crippen molar-refractivity contribution in [3.05, 3.63) is 29.3 Å². The second kappa shape index (κ2) is 6.00. The SMILES string of the molecule is Cc1c(CO)cccc1S(=O)(=O)NCC1CCCO1. The summed E-state index contributed by atoms with van der Waals surface area (Å²) in [6, 6.07) is 4.90. The van der Waals surface area contributed by atoms with Crippen LogP contribution in [0.2, 0.25) is 0 Å². The van der Waals surface area contributed by atoms with Gasteiger partial charge in [0.1, 0.15) is 0 Å². The summed E-state index contributed by atoms with van der Waals surface area (Å²) < 4.78 is 32.4. The summed E-state index contributed by atoms with van der Waals surface area (Å²) in [4.78, 5) is 0.219. The Morgan fingerprint density at radius 1 is 1.47 bits per heavy atom. The van der Waals surface area contributed by atoms with E-state index in [1.807, 2.05) is 0 Å². The summed E-state index contributed by atoms with van der Waals surface area (Å²) in [5.74, 6) is 0. The molecule has 0 radical (unpaired) electrons. The Kier molecular flexibility index (Phi) is 4.57. The molecule has 1 aliphatic heterocycles. The minimum Gasteiger partial charge on any atom is -0.392 e. The molecule has 19 heavy (non-hydrogen) atoms. The van der Waals surface area contributed by atoms with Gasteiger partial charge in [0.25, 0.3) is 0 Å². The molecule has 0 aliphatic carbocycles. The van der Waals surface area contributed by atoms with Crippen LogP contribution in [-0.4, -0.2) is 32.8 Å². The first-order valence-electron chi connectivity index (χ1n) is 6.35. The molecule has 0 aromatic heterocycles. The predicted octanol–water partition coefficient (Wildman–Crippen LogP) is 0.945. The van der Waals surface area contributed by atoms with Crippen molar-refractivity contribution in [2.45, 2.75) is 37.4 Å². The first-order chi connectivity index (χ1) is 9.04. The molecule has 6 heteroatoms. The Balaban J connectivity index is 2.14. The molecule has 0 amide bonds. The van der Waals surface area contributed by atoms with E-state index in [9.17, 15) is 13.5 Å². The van der Waals surface area contributed by atoms with Crippen LogP contribution in [0.15, 0.2) is 23.1 Å². The van der Waals surface area contributed by atoms with Crippen LogP contribution in [0, 0.1) is 6.92 Å². The van der Waals surface area contributed by atoms with Crippen molar-refractivity contribution in [1.29, 1.82) is 0 Å². The van der Waals surface area contributed by atoms with Crippen molar-refractivity contribution in [2.24, 2.45) is 0 Å². The van der Waals surface area contributed by atoms with Gasteiger partial charge in [0.2, 0.25) is 10.0 Å². The molecule has 1 unspecified atom stereocenters. The van der Waals surface area contributed by atoms with E-state index in [0.29, 0.717) is 24.3 Å². The smallest absolute Gasteiger partial charge is 0.240 e. The van der Waals surface area contributed by atoms with E-state index in [1.165, 1.54) is 0 Å². The number of hydrogen-bond donors (Lipinski definition) is 2. The molecule has 2 rings (SSSR count). The lowest BCUT2D eigenvalue weighted by Gasteiger charge is -2.14. The van der Waals surface area contributed by atoms with E-state index >= 15 is 0 Å². The molecule has 106 valence electrons. The Bertz CT molecular complexity index is 536. The average Bonchev–Trinajstić information content (AvgIpc) is 2.90. The van der Waals surface area contributed by atoms with Crippen molar-refractivity contribution in [1.82, 2.24) is 4.72 Å². The molecule has 0 bridgehead atoms. The van der Waals surface area contributed by atoms with Gasteiger partial charge < -0.3 is 9.84 Å². The molecule has 1 heterocycles. The summed E-state index contributed by atoms with van der Waals surface area (Å²) in [5, 5.41) is 9.18. The Morgan fingerprint density at radius 2 is 2.26 bits per heavy atom. The predicted molar refractivity (Wildman–Crippen MR) is 71.3 cm³/mol. The molecular formula is C13H19NO4S. The van der Waals surface area contributed by atoms with E-state index in [-0.39, 0.29) is 17.6 Å². The quantitative estimate of drug-likeness (QED) is 0.844. The number of aliphatic hydroxyl groups excluding tert-OH is 1. The summed E-state index contributed by atoms with van der Waals surface area (Å²) in [5.41, 5.74) is 1.21. The number of nitrogens with one attached hydrogen (secondary N) is 1. The fraction of sp³-hybridized carbons (Fsp3) is 0.538. The molecule has 1 aromatic rings. The van der Waals surface area contributed by atoms with E-state index < -0.39 is 10.0 Å². The van der Waals surface area contributed by atoms with Crippen LogP contribution in [0.25, 0.3) is 0 Å². The third kappa shape index (κ3) is 3.33. The fourth-order valence-corrected chi connectivity index (χ4v) is 3.56. The largest absolute Gasteiger partial charge is 0.392 e. The van der Waals surface area contributed by atoms with Crippen molar-refractivity contribution in [3.8, 4) is 0 Å². The van der Waals surface area contributed by atoms with Crippen LogP contribution < -0.4 is 4.72 Å². The molecule has 1 aromatic carbocycles. The lowest BCUT2D eigenvalue weighted by Crippen LogP contribution is -2.32. The van der Waals surface area contributed by atoms with Crippen LogP contribution in [0.3, 0.4) is 0 Å². The highest BCUT2D eigenvalue weighted by atomic mass is 32.2. The molecule has 1 saturated heterocycles. The van der Waals surface area contributed by atoms with Gasteiger partial charge in [0.05, 0.1) is 17.6 Å². The monoisotopic (exact) mass is 285 g/mol. The highest BCUT2D eigenvalue weighted by Crippen LogP contribution is 2.19. The maximum absolute atomic E-state index is 12.2. The number of hydrogen-bond acceptors (Lipinski definition) is 4. The summed E-state index contributed by atoms with van der Waals surface area (Å²) in [6.45, 7) is 2.53. The number of rotatable bonds is 5. The Hall–Kier alpha value is -0.950. The first-order valence-corrected chi connectivity index (χ1v) is 7.83. The van der Waals surface area contributed by atoms with Gasteiger partial charge in [-0.05, 0) is 37.0 Å². The minimum absolute atomic E-state index is 0.0314. The zero-order chi connectivity index (χ0) is 13.9. The summed E-state index contributed by atoms with van der Waals surface area (Å²) in [6.07, 6.45) is 1.83. The van der Waals surface area contributed by atoms with Gasteiger partial charge in [-0.2, -0.15) is 0 Å². The molecule has 1 aliphatic rings. The van der Waals surface area contributed by atoms with Gasteiger partial charge in [-0.1, -0.05) is 12.1 Å². The maximum atomic E-state index is 12.2. The molecule has 0 saturated carbocycles. The van der Waals surface area contributed by atoms with Gasteiger partial charge in [0, 0.05) is 13.2 Å². The second-order valence-corrected chi connectivity index (χ2v) is 6.42. The highest BCUT2D eigenvalue weighted by Gasteiger charge is 2.22. The summed E-state index contributed by atoms with van der Waals surface area (Å²) in [7, 11) is -3.55. The molecule has 0 spiro atoms. The van der Waals surface area contributed by atoms with Crippen molar-refractivity contribution in [3.63, 3.8) is 0 Å². The number of sulfonamides is 1. The van der Waals surface area contributed by atoms with Gasteiger partial charge in [-0.3, -0.25) is 0 Å². The number of benzene rings is 1. The van der Waals surface area contributed by atoms with E-state index in [0.717, 1.165) is 12.8 Å². The van der Waals surface area contributed by atoms with Crippen molar-refractivity contribution in [2.75, 3.05) is 13.2 Å². The zero-order valence-electron chi connectivity index (χ0n) is 10.9. The topological polar surface area (TPSA) is 75.6 Å². The van der Waals surface area contributed by atoms with E-state index in [2.05, 4.69) is 4.72 Å². The first kappa shape index (κ1) is 14.5. The number of aliphatic hydroxyl groups is 1. The molecule has 1 atom stereocenters. The molecule has 1 fully saturated rings. The Morgan fingerprint density at radius 3 is 2.89 bits per heavy atom. The van der Waals surface area contributed by atoms with Crippen LogP contribution in [-0.2, 0) is 21.4 Å². The van der Waals surface area contributed by atoms with Crippen molar-refractivity contribution < 1.29 is 18.3 Å². The molecule has 5 nitrogen and oxygen atoms in total. The summed E-state index contributed by atoms with van der Waals surface area (Å²) >= 11 is 0. The fourth-order valence-electron chi connectivity index (χ4n) is 2.21. The highest BCUT2D eigenvalue weighted by molar-refractivity contribution is 7.89. The third-order valence-electron chi connectivity index (χ3n) is 3.38. The standard InChI is InChI=1S/C13H19NO4S/c1-10-11(9-15)4-2-6-13(10)19(16,17)14-8-12-5-3-7-18-12/h2,4,6,12,14-15H,3,5,7-9H2,1H3. The molecular weight excluding hydrogens is 266 g/mol. The average molecular weight is 285 g/mol. The van der Waals surface area contributed by atoms with Gasteiger partial charge in [-0.15, -0.1) is 0 Å². The van der Waals surface area contributed by atoms with Crippen molar-refractivity contribution >= 4 is 10.0 Å². The van der Waals surface area contributed by atoms with E-state index in [4.69, 9.17) is 4.74 Å². The normalized spacial score (nSPS) is 19.8. The maximum Gasteiger partial charge on any atom is 0.240 e. The van der Waals surface area contributed by atoms with Gasteiger partial charge in [0.15, 0.2) is 0 Å². The van der Waals surface area contributed by atoms with Crippen LogP contribution in [0.4, 0.5) is 0 Å². The molecule has 2 N–H and O–H groups in total. The van der Waals surface area contributed by atoms with Crippen LogP contribution in [0.1, 0.15) is 24.0 Å². The zero-order valence-corrected chi connectivity index (χ0v) is 11.7. The third-order valence-corrected chi connectivity index (χ3v) is 4.95. The minimum atomic E-state index is -3.55. The van der Waals surface area contributed by atoms with Crippen LogP contribution >= 0.6 is 0 Å².